The molecule has 0 bridgehead atoms. The topological polar surface area (TPSA) is 76.4 Å². The number of rotatable bonds is 5. The van der Waals surface area contributed by atoms with Crippen LogP contribution in [0.25, 0.3) is 0 Å². The lowest BCUT2D eigenvalue weighted by molar-refractivity contribution is 0.0697. The standard InChI is InChI=1S/C13H15N3O3/c1-16-6-5-14-12(16)8-15-10-7-9(13(17)18)3-4-11(10)19-2/h3-7,15H,8H2,1-2H3,(H,17,18). The number of carboxylic acids is 1. The first-order valence-corrected chi connectivity index (χ1v) is 5.73. The molecule has 1 aromatic heterocycles. The Morgan fingerprint density at radius 3 is 2.89 bits per heavy atom. The number of aryl methyl sites for hydroxylation is 1. The Morgan fingerprint density at radius 1 is 1.53 bits per heavy atom. The van der Waals surface area contributed by atoms with Crippen molar-refractivity contribution < 1.29 is 14.6 Å². The van der Waals surface area contributed by atoms with Crippen LogP contribution >= 0.6 is 0 Å². The van der Waals surface area contributed by atoms with Crippen LogP contribution in [0.1, 0.15) is 16.2 Å². The minimum atomic E-state index is -0.970. The summed E-state index contributed by atoms with van der Waals surface area (Å²) < 4.78 is 7.09. The number of imidazole rings is 1. The fourth-order valence-corrected chi connectivity index (χ4v) is 1.72. The van der Waals surface area contributed by atoms with E-state index in [1.165, 1.54) is 6.07 Å². The molecule has 2 aromatic rings. The fraction of sp³-hybridized carbons (Fsp3) is 0.231. The molecule has 100 valence electrons. The second-order valence-electron chi connectivity index (χ2n) is 4.03. The molecule has 2 rings (SSSR count). The summed E-state index contributed by atoms with van der Waals surface area (Å²) >= 11 is 0. The number of hydrogen-bond donors (Lipinski definition) is 2. The van der Waals surface area contributed by atoms with E-state index in [0.29, 0.717) is 18.0 Å². The lowest BCUT2D eigenvalue weighted by Crippen LogP contribution is -2.07. The quantitative estimate of drug-likeness (QED) is 0.857. The van der Waals surface area contributed by atoms with Crippen LogP contribution in [0.5, 0.6) is 5.75 Å². The third-order valence-corrected chi connectivity index (χ3v) is 2.80. The van der Waals surface area contributed by atoms with E-state index in [9.17, 15) is 4.79 Å². The van der Waals surface area contributed by atoms with E-state index < -0.39 is 5.97 Å². The smallest absolute Gasteiger partial charge is 0.335 e. The zero-order chi connectivity index (χ0) is 13.8. The maximum atomic E-state index is 11.0. The summed E-state index contributed by atoms with van der Waals surface area (Å²) in [6.07, 6.45) is 3.56. The molecule has 1 aromatic carbocycles. The number of methoxy groups -OCH3 is 1. The van der Waals surface area contributed by atoms with Crippen LogP contribution in [0, 0.1) is 0 Å². The Morgan fingerprint density at radius 2 is 2.32 bits per heavy atom. The molecule has 0 fully saturated rings. The van der Waals surface area contributed by atoms with E-state index in [4.69, 9.17) is 9.84 Å². The first kappa shape index (κ1) is 12.9. The Kier molecular flexibility index (Phi) is 3.70. The molecule has 0 aliphatic carbocycles. The second-order valence-corrected chi connectivity index (χ2v) is 4.03. The van der Waals surface area contributed by atoms with Crippen molar-refractivity contribution in [3.63, 3.8) is 0 Å². The number of nitrogens with zero attached hydrogens (tertiary/aromatic N) is 2. The van der Waals surface area contributed by atoms with E-state index in [1.54, 1.807) is 25.4 Å². The maximum Gasteiger partial charge on any atom is 0.335 e. The zero-order valence-corrected chi connectivity index (χ0v) is 10.8. The normalized spacial score (nSPS) is 10.2. The average molecular weight is 261 g/mol. The highest BCUT2D eigenvalue weighted by atomic mass is 16.5. The van der Waals surface area contributed by atoms with Gasteiger partial charge in [0, 0.05) is 19.4 Å². The average Bonchev–Trinajstić information content (AvgIpc) is 2.81. The highest BCUT2D eigenvalue weighted by Gasteiger charge is 2.09. The molecule has 19 heavy (non-hydrogen) atoms. The van der Waals surface area contributed by atoms with Gasteiger partial charge in [-0.25, -0.2) is 9.78 Å². The number of ether oxygens (including phenoxy) is 1. The van der Waals surface area contributed by atoms with E-state index >= 15 is 0 Å². The summed E-state index contributed by atoms with van der Waals surface area (Å²) in [4.78, 5) is 15.1. The van der Waals surface area contributed by atoms with E-state index in [0.717, 1.165) is 5.82 Å². The third-order valence-electron chi connectivity index (χ3n) is 2.80. The summed E-state index contributed by atoms with van der Waals surface area (Å²) in [5, 5.41) is 12.1. The second kappa shape index (κ2) is 5.43. The van der Waals surface area contributed by atoms with Crippen LogP contribution in [-0.2, 0) is 13.6 Å². The number of anilines is 1. The summed E-state index contributed by atoms with van der Waals surface area (Å²) in [6.45, 7) is 0.489. The molecule has 0 spiro atoms. The van der Waals surface area contributed by atoms with Gasteiger partial charge in [-0.3, -0.25) is 0 Å². The van der Waals surface area contributed by atoms with Crippen molar-refractivity contribution >= 4 is 11.7 Å². The number of hydrogen-bond acceptors (Lipinski definition) is 4. The minimum absolute atomic E-state index is 0.211. The Hall–Kier alpha value is -2.50. The van der Waals surface area contributed by atoms with Crippen molar-refractivity contribution in [2.24, 2.45) is 7.05 Å². The zero-order valence-electron chi connectivity index (χ0n) is 10.8. The van der Waals surface area contributed by atoms with Gasteiger partial charge >= 0.3 is 5.97 Å². The lowest BCUT2D eigenvalue weighted by Gasteiger charge is -2.11. The minimum Gasteiger partial charge on any atom is -0.495 e. The van der Waals surface area contributed by atoms with Crippen molar-refractivity contribution in [2.45, 2.75) is 6.54 Å². The molecular weight excluding hydrogens is 246 g/mol. The molecule has 2 N–H and O–H groups in total. The molecule has 0 radical (unpaired) electrons. The SMILES string of the molecule is COc1ccc(C(=O)O)cc1NCc1nccn1C. The Balaban J connectivity index is 2.20. The van der Waals surface area contributed by atoms with Crippen molar-refractivity contribution in [3.05, 3.63) is 42.0 Å². The first-order chi connectivity index (χ1) is 9.11. The molecule has 0 unspecified atom stereocenters. The highest BCUT2D eigenvalue weighted by molar-refractivity contribution is 5.89. The maximum absolute atomic E-state index is 11.0. The van der Waals surface area contributed by atoms with E-state index in [-0.39, 0.29) is 5.56 Å². The van der Waals surface area contributed by atoms with Crippen molar-refractivity contribution in [1.29, 1.82) is 0 Å². The molecule has 6 nitrogen and oxygen atoms in total. The van der Waals surface area contributed by atoms with Crippen LogP contribution in [0.2, 0.25) is 0 Å². The van der Waals surface area contributed by atoms with Gasteiger partial charge < -0.3 is 19.7 Å². The Bertz CT molecular complexity index is 593. The van der Waals surface area contributed by atoms with Gasteiger partial charge in [0.25, 0.3) is 0 Å². The van der Waals surface area contributed by atoms with E-state index in [2.05, 4.69) is 10.3 Å². The molecule has 0 amide bonds. The van der Waals surface area contributed by atoms with Crippen molar-refractivity contribution in [3.8, 4) is 5.75 Å². The first-order valence-electron chi connectivity index (χ1n) is 5.73. The molecule has 0 atom stereocenters. The van der Waals surface area contributed by atoms with Crippen LogP contribution in [0.15, 0.2) is 30.6 Å². The molecule has 1 heterocycles. The molecule has 0 aliphatic heterocycles. The largest absolute Gasteiger partial charge is 0.495 e. The predicted octanol–water partition coefficient (Wildman–Crippen LogP) is 1.74. The van der Waals surface area contributed by atoms with Crippen LogP contribution in [0.3, 0.4) is 0 Å². The summed E-state index contributed by atoms with van der Waals surface area (Å²) in [5.41, 5.74) is 0.841. The van der Waals surface area contributed by atoms with Crippen molar-refractivity contribution in [1.82, 2.24) is 9.55 Å². The Labute approximate surface area is 110 Å². The third kappa shape index (κ3) is 2.85. The summed E-state index contributed by atoms with van der Waals surface area (Å²) in [5.74, 6) is 0.477. The van der Waals surface area contributed by atoms with Crippen LogP contribution in [0.4, 0.5) is 5.69 Å². The number of aromatic carboxylic acids is 1. The van der Waals surface area contributed by atoms with Gasteiger partial charge in [0.05, 0.1) is 24.9 Å². The van der Waals surface area contributed by atoms with Gasteiger partial charge in [-0.15, -0.1) is 0 Å². The fourth-order valence-electron chi connectivity index (χ4n) is 1.72. The monoisotopic (exact) mass is 261 g/mol. The summed E-state index contributed by atoms with van der Waals surface area (Å²) in [6, 6.07) is 4.68. The molecule has 6 heteroatoms. The van der Waals surface area contributed by atoms with Gasteiger partial charge in [-0.2, -0.15) is 0 Å². The van der Waals surface area contributed by atoms with Crippen LogP contribution in [-0.4, -0.2) is 27.7 Å². The summed E-state index contributed by atoms with van der Waals surface area (Å²) in [7, 11) is 3.44. The van der Waals surface area contributed by atoms with Gasteiger partial charge in [0.15, 0.2) is 0 Å². The van der Waals surface area contributed by atoms with Gasteiger partial charge in [0.2, 0.25) is 0 Å². The molecule has 0 saturated heterocycles. The number of nitrogens with one attached hydrogen (secondary N) is 1. The highest BCUT2D eigenvalue weighted by Crippen LogP contribution is 2.25. The lowest BCUT2D eigenvalue weighted by atomic mass is 10.2. The van der Waals surface area contributed by atoms with Gasteiger partial charge in [-0.1, -0.05) is 0 Å². The number of benzene rings is 1. The molecular formula is C13H15N3O3. The van der Waals surface area contributed by atoms with Gasteiger partial charge in [0.1, 0.15) is 11.6 Å². The molecule has 0 saturated carbocycles. The van der Waals surface area contributed by atoms with E-state index in [1.807, 2.05) is 17.8 Å². The predicted molar refractivity (Wildman–Crippen MR) is 70.5 cm³/mol. The number of carbonyl (C=O) groups is 1. The number of aromatic nitrogens is 2. The number of carboxylic acid groups (broad SMARTS) is 1. The van der Waals surface area contributed by atoms with Gasteiger partial charge in [-0.05, 0) is 18.2 Å². The molecule has 0 aliphatic rings. The van der Waals surface area contributed by atoms with Crippen molar-refractivity contribution in [2.75, 3.05) is 12.4 Å². The van der Waals surface area contributed by atoms with Crippen LogP contribution < -0.4 is 10.1 Å².